The maximum atomic E-state index is 11.9. The van der Waals surface area contributed by atoms with Crippen LogP contribution >= 0.6 is 0 Å². The van der Waals surface area contributed by atoms with Gasteiger partial charge in [0.15, 0.2) is 0 Å². The number of amides is 1. The first-order chi connectivity index (χ1) is 10.3. The van der Waals surface area contributed by atoms with E-state index in [4.69, 9.17) is 4.74 Å². The van der Waals surface area contributed by atoms with Crippen molar-refractivity contribution in [1.82, 2.24) is 14.5 Å². The number of hydrogen-bond donors (Lipinski definition) is 1. The number of nitrogens with one attached hydrogen (secondary N) is 1. The van der Waals surface area contributed by atoms with Gasteiger partial charge in [0.1, 0.15) is 12.1 Å². The van der Waals surface area contributed by atoms with Gasteiger partial charge in [-0.1, -0.05) is 0 Å². The fourth-order valence-corrected chi connectivity index (χ4v) is 2.39. The van der Waals surface area contributed by atoms with E-state index >= 15 is 0 Å². The van der Waals surface area contributed by atoms with E-state index in [0.29, 0.717) is 12.1 Å². The molecule has 3 rings (SSSR count). The standard InChI is InChI=1S/C15H18N4O2/c20-15(6-4-13-2-1-9-21-13)18-12-3-5-14(17-10-12)19-8-7-16-11-19/h3,5,7-8,10-11,13H,1-2,4,6,9H2,(H,18,20)/t13-/m1/s1. The van der Waals surface area contributed by atoms with E-state index in [0.717, 1.165) is 31.7 Å². The molecule has 0 saturated carbocycles. The molecular formula is C15H18N4O2. The summed E-state index contributed by atoms with van der Waals surface area (Å²) in [6.45, 7) is 0.825. The van der Waals surface area contributed by atoms with Gasteiger partial charge in [-0.2, -0.15) is 0 Å². The van der Waals surface area contributed by atoms with E-state index in [2.05, 4.69) is 15.3 Å². The third kappa shape index (κ3) is 3.66. The number of imidazole rings is 1. The van der Waals surface area contributed by atoms with Crippen molar-refractivity contribution >= 4 is 11.6 Å². The highest BCUT2D eigenvalue weighted by atomic mass is 16.5. The van der Waals surface area contributed by atoms with Crippen LogP contribution in [0.5, 0.6) is 0 Å². The molecule has 1 amide bonds. The molecule has 1 saturated heterocycles. The summed E-state index contributed by atoms with van der Waals surface area (Å²) in [7, 11) is 0. The molecule has 3 heterocycles. The van der Waals surface area contributed by atoms with Crippen molar-refractivity contribution in [2.24, 2.45) is 0 Å². The van der Waals surface area contributed by atoms with Crippen molar-refractivity contribution in [2.75, 3.05) is 11.9 Å². The van der Waals surface area contributed by atoms with E-state index < -0.39 is 0 Å². The number of hydrogen-bond acceptors (Lipinski definition) is 4. The van der Waals surface area contributed by atoms with Gasteiger partial charge in [0.25, 0.3) is 0 Å². The Morgan fingerprint density at radius 3 is 3.10 bits per heavy atom. The molecule has 0 bridgehead atoms. The van der Waals surface area contributed by atoms with Crippen LogP contribution in [0.4, 0.5) is 5.69 Å². The van der Waals surface area contributed by atoms with Crippen molar-refractivity contribution in [2.45, 2.75) is 31.8 Å². The lowest BCUT2D eigenvalue weighted by Crippen LogP contribution is -2.15. The largest absolute Gasteiger partial charge is 0.378 e. The highest BCUT2D eigenvalue weighted by molar-refractivity contribution is 5.90. The summed E-state index contributed by atoms with van der Waals surface area (Å²) in [4.78, 5) is 20.1. The van der Waals surface area contributed by atoms with Gasteiger partial charge in [0.05, 0.1) is 18.0 Å². The molecule has 2 aromatic rings. The first-order valence-corrected chi connectivity index (χ1v) is 7.17. The van der Waals surface area contributed by atoms with Crippen molar-refractivity contribution < 1.29 is 9.53 Å². The van der Waals surface area contributed by atoms with Crippen LogP contribution in [0.1, 0.15) is 25.7 Å². The minimum absolute atomic E-state index is 0.00248. The topological polar surface area (TPSA) is 69.0 Å². The summed E-state index contributed by atoms with van der Waals surface area (Å²) in [6, 6.07) is 3.68. The average molecular weight is 286 g/mol. The SMILES string of the molecule is O=C(CC[C@H]1CCCO1)Nc1ccc(-n2ccnc2)nc1. The lowest BCUT2D eigenvalue weighted by molar-refractivity contribution is -0.116. The van der Waals surface area contributed by atoms with Crippen LogP contribution in [0, 0.1) is 0 Å². The molecule has 1 N–H and O–H groups in total. The molecular weight excluding hydrogens is 268 g/mol. The molecule has 110 valence electrons. The predicted molar refractivity (Wildman–Crippen MR) is 78.2 cm³/mol. The number of anilines is 1. The zero-order valence-corrected chi connectivity index (χ0v) is 11.7. The van der Waals surface area contributed by atoms with E-state index in [1.807, 2.05) is 22.9 Å². The van der Waals surface area contributed by atoms with Crippen molar-refractivity contribution in [1.29, 1.82) is 0 Å². The number of carbonyl (C=O) groups is 1. The van der Waals surface area contributed by atoms with Gasteiger partial charge in [0.2, 0.25) is 5.91 Å². The molecule has 0 aromatic carbocycles. The van der Waals surface area contributed by atoms with Crippen LogP contribution in [0.2, 0.25) is 0 Å². The Morgan fingerprint density at radius 2 is 2.43 bits per heavy atom. The van der Waals surface area contributed by atoms with Crippen LogP contribution in [-0.2, 0) is 9.53 Å². The summed E-state index contributed by atoms with van der Waals surface area (Å²) in [5.74, 6) is 0.771. The van der Waals surface area contributed by atoms with Gasteiger partial charge in [-0.25, -0.2) is 9.97 Å². The fraction of sp³-hybridized carbons (Fsp3) is 0.400. The number of ether oxygens (including phenoxy) is 1. The molecule has 0 radical (unpaired) electrons. The molecule has 0 spiro atoms. The Balaban J connectivity index is 1.51. The number of rotatable bonds is 5. The van der Waals surface area contributed by atoms with Gasteiger partial charge in [0, 0.05) is 25.4 Å². The minimum Gasteiger partial charge on any atom is -0.378 e. The van der Waals surface area contributed by atoms with Gasteiger partial charge in [-0.3, -0.25) is 9.36 Å². The first-order valence-electron chi connectivity index (χ1n) is 7.17. The zero-order valence-electron chi connectivity index (χ0n) is 11.7. The monoisotopic (exact) mass is 286 g/mol. The summed E-state index contributed by atoms with van der Waals surface area (Å²) in [6.07, 6.45) is 10.5. The minimum atomic E-state index is 0.00248. The predicted octanol–water partition coefficient (Wildman–Crippen LogP) is 2.17. The normalized spacial score (nSPS) is 17.8. The number of pyridine rings is 1. The second kappa shape index (κ2) is 6.49. The molecule has 1 aliphatic heterocycles. The first kappa shape index (κ1) is 13.8. The molecule has 0 unspecified atom stereocenters. The third-order valence-corrected chi connectivity index (χ3v) is 3.52. The van der Waals surface area contributed by atoms with E-state index in [1.54, 1.807) is 18.7 Å². The van der Waals surface area contributed by atoms with Crippen LogP contribution < -0.4 is 5.32 Å². The molecule has 1 atom stereocenters. The van der Waals surface area contributed by atoms with Crippen LogP contribution in [0.15, 0.2) is 37.1 Å². The van der Waals surface area contributed by atoms with Crippen molar-refractivity contribution in [3.05, 3.63) is 37.1 Å². The van der Waals surface area contributed by atoms with Crippen LogP contribution in [0.25, 0.3) is 5.82 Å². The zero-order chi connectivity index (χ0) is 14.5. The average Bonchev–Trinajstić information content (AvgIpc) is 3.19. The maximum Gasteiger partial charge on any atom is 0.224 e. The Labute approximate surface area is 123 Å². The van der Waals surface area contributed by atoms with Crippen LogP contribution in [-0.4, -0.2) is 33.2 Å². The molecule has 0 aliphatic carbocycles. The van der Waals surface area contributed by atoms with Crippen molar-refractivity contribution in [3.8, 4) is 5.82 Å². The molecule has 6 heteroatoms. The van der Waals surface area contributed by atoms with E-state index in [9.17, 15) is 4.79 Å². The highest BCUT2D eigenvalue weighted by Crippen LogP contribution is 2.17. The number of aromatic nitrogens is 3. The maximum absolute atomic E-state index is 11.9. The van der Waals surface area contributed by atoms with Crippen LogP contribution in [0.3, 0.4) is 0 Å². The lowest BCUT2D eigenvalue weighted by atomic mass is 10.1. The van der Waals surface area contributed by atoms with Gasteiger partial charge < -0.3 is 10.1 Å². The summed E-state index contributed by atoms with van der Waals surface area (Å²) in [5.41, 5.74) is 0.705. The summed E-state index contributed by atoms with van der Waals surface area (Å²) >= 11 is 0. The van der Waals surface area contributed by atoms with Gasteiger partial charge in [-0.15, -0.1) is 0 Å². The quantitative estimate of drug-likeness (QED) is 0.914. The Hall–Kier alpha value is -2.21. The molecule has 1 fully saturated rings. The lowest BCUT2D eigenvalue weighted by Gasteiger charge is -2.09. The van der Waals surface area contributed by atoms with E-state index in [-0.39, 0.29) is 12.0 Å². The van der Waals surface area contributed by atoms with Gasteiger partial charge >= 0.3 is 0 Å². The van der Waals surface area contributed by atoms with E-state index in [1.165, 1.54) is 0 Å². The molecule has 1 aliphatic rings. The molecule has 21 heavy (non-hydrogen) atoms. The van der Waals surface area contributed by atoms with Crippen molar-refractivity contribution in [3.63, 3.8) is 0 Å². The molecule has 2 aromatic heterocycles. The summed E-state index contributed by atoms with van der Waals surface area (Å²) in [5, 5.41) is 2.86. The second-order valence-electron chi connectivity index (χ2n) is 5.10. The fourth-order valence-electron chi connectivity index (χ4n) is 2.39. The highest BCUT2D eigenvalue weighted by Gasteiger charge is 2.16. The third-order valence-electron chi connectivity index (χ3n) is 3.52. The molecule has 6 nitrogen and oxygen atoms in total. The Kier molecular flexibility index (Phi) is 4.25. The summed E-state index contributed by atoms with van der Waals surface area (Å²) < 4.78 is 7.32. The number of carbonyl (C=O) groups excluding carboxylic acids is 1. The second-order valence-corrected chi connectivity index (χ2v) is 5.10. The van der Waals surface area contributed by atoms with Gasteiger partial charge in [-0.05, 0) is 31.4 Å². The number of nitrogens with zero attached hydrogens (tertiary/aromatic N) is 3. The smallest absolute Gasteiger partial charge is 0.224 e. The Bertz CT molecular complexity index is 574. The Morgan fingerprint density at radius 1 is 1.48 bits per heavy atom.